The van der Waals surface area contributed by atoms with Crippen molar-refractivity contribution in [2.45, 2.75) is 51.5 Å². The second-order valence-electron chi connectivity index (χ2n) is 7.91. The number of H-pyrrole nitrogens is 1. The topological polar surface area (TPSA) is 72.3 Å². The van der Waals surface area contributed by atoms with Crippen LogP contribution in [-0.2, 0) is 25.3 Å². The highest BCUT2D eigenvalue weighted by Gasteiger charge is 2.29. The van der Waals surface area contributed by atoms with Crippen molar-refractivity contribution >= 4 is 24.0 Å². The van der Waals surface area contributed by atoms with Crippen LogP contribution in [0.5, 0.6) is 0 Å². The van der Waals surface area contributed by atoms with Crippen molar-refractivity contribution in [3.63, 3.8) is 0 Å². The maximum absolute atomic E-state index is 12.2. The molecular weight excluding hydrogens is 557 g/mol. The smallest absolute Gasteiger partial charge is 0.282 e. The Balaban J connectivity index is 0.000000307. The number of pyridine rings is 2. The summed E-state index contributed by atoms with van der Waals surface area (Å²) in [5, 5.41) is 9.51. The maximum Gasteiger partial charge on any atom is 0.394 e. The number of aromatic amines is 1. The van der Waals surface area contributed by atoms with Gasteiger partial charge in [0.05, 0.1) is 25.1 Å². The summed E-state index contributed by atoms with van der Waals surface area (Å²) in [6.45, 7) is 4.36. The van der Waals surface area contributed by atoms with Crippen LogP contribution in [0.2, 0.25) is 0 Å². The van der Waals surface area contributed by atoms with Crippen LogP contribution in [0.1, 0.15) is 33.6 Å². The number of nitrogens with one attached hydrogen (secondary N) is 1. The zero-order valence-corrected chi connectivity index (χ0v) is 22.0. The van der Waals surface area contributed by atoms with Crippen LogP contribution >= 0.6 is 24.0 Å². The SMILES string of the molecule is Cc1cnccc1CCl.Cc1cnccc1Cn1ccc(CC(F)(F)F)n1.Cl.FC(F)(F)Cc1ccn[nH]1. The third-order valence-electron chi connectivity index (χ3n) is 4.78. The summed E-state index contributed by atoms with van der Waals surface area (Å²) in [5.41, 5.74) is 4.43. The fourth-order valence-corrected chi connectivity index (χ4v) is 3.20. The Morgan fingerprint density at radius 1 is 0.816 bits per heavy atom. The Labute approximate surface area is 226 Å². The minimum Gasteiger partial charge on any atom is -0.282 e. The van der Waals surface area contributed by atoms with Crippen molar-refractivity contribution in [3.8, 4) is 0 Å². The number of aromatic nitrogens is 6. The van der Waals surface area contributed by atoms with Gasteiger partial charge in [0.15, 0.2) is 0 Å². The zero-order valence-electron chi connectivity index (χ0n) is 20.4. The van der Waals surface area contributed by atoms with E-state index in [-0.39, 0.29) is 23.8 Å². The molecular formula is C24H26Cl2F6N6. The van der Waals surface area contributed by atoms with Crippen molar-refractivity contribution in [1.29, 1.82) is 0 Å². The molecule has 0 spiro atoms. The minimum atomic E-state index is -4.22. The van der Waals surface area contributed by atoms with Crippen molar-refractivity contribution in [3.05, 3.63) is 95.1 Å². The van der Waals surface area contributed by atoms with Crippen LogP contribution in [0.4, 0.5) is 26.3 Å². The molecule has 0 amide bonds. The number of hydrogen-bond acceptors (Lipinski definition) is 4. The highest BCUT2D eigenvalue weighted by Crippen LogP contribution is 2.20. The van der Waals surface area contributed by atoms with Gasteiger partial charge >= 0.3 is 12.4 Å². The molecule has 38 heavy (non-hydrogen) atoms. The van der Waals surface area contributed by atoms with E-state index in [2.05, 4.69) is 25.3 Å². The van der Waals surface area contributed by atoms with Gasteiger partial charge in [-0.1, -0.05) is 0 Å². The van der Waals surface area contributed by atoms with Gasteiger partial charge in [-0.25, -0.2) is 0 Å². The molecule has 4 heterocycles. The van der Waals surface area contributed by atoms with Gasteiger partial charge in [0, 0.05) is 48.8 Å². The van der Waals surface area contributed by atoms with Gasteiger partial charge in [-0.2, -0.15) is 36.5 Å². The lowest BCUT2D eigenvalue weighted by Gasteiger charge is -2.05. The molecule has 0 aliphatic carbocycles. The summed E-state index contributed by atoms with van der Waals surface area (Å²) in [6, 6.07) is 6.46. The first-order chi connectivity index (χ1) is 17.4. The first-order valence-corrected chi connectivity index (χ1v) is 11.4. The molecule has 208 valence electrons. The molecule has 0 aliphatic heterocycles. The number of alkyl halides is 7. The normalized spacial score (nSPS) is 11.0. The molecule has 0 saturated heterocycles. The molecule has 0 saturated carbocycles. The zero-order chi connectivity index (χ0) is 27.5. The van der Waals surface area contributed by atoms with E-state index in [0.717, 1.165) is 22.3 Å². The minimum absolute atomic E-state index is 0. The second kappa shape index (κ2) is 15.3. The Kier molecular flexibility index (Phi) is 13.3. The second-order valence-corrected chi connectivity index (χ2v) is 8.18. The number of aryl methyl sites for hydroxylation is 2. The molecule has 0 fully saturated rings. The Morgan fingerprint density at radius 3 is 1.84 bits per heavy atom. The molecule has 4 aromatic rings. The molecule has 6 nitrogen and oxygen atoms in total. The fourth-order valence-electron chi connectivity index (χ4n) is 2.90. The molecule has 4 aromatic heterocycles. The molecule has 0 atom stereocenters. The van der Waals surface area contributed by atoms with Crippen molar-refractivity contribution in [2.75, 3.05) is 0 Å². The lowest BCUT2D eigenvalue weighted by molar-refractivity contribution is -0.128. The van der Waals surface area contributed by atoms with Crippen LogP contribution in [0.15, 0.2) is 61.4 Å². The van der Waals surface area contributed by atoms with Crippen molar-refractivity contribution in [2.24, 2.45) is 0 Å². The van der Waals surface area contributed by atoms with Crippen LogP contribution in [0.3, 0.4) is 0 Å². The Bertz CT molecular complexity index is 1210. The van der Waals surface area contributed by atoms with E-state index in [9.17, 15) is 26.3 Å². The van der Waals surface area contributed by atoms with Gasteiger partial charge in [0.25, 0.3) is 0 Å². The van der Waals surface area contributed by atoms with Gasteiger partial charge in [-0.15, -0.1) is 24.0 Å². The Hall–Kier alpha value is -3.12. The van der Waals surface area contributed by atoms with E-state index in [4.69, 9.17) is 11.6 Å². The molecule has 0 bridgehead atoms. The molecule has 14 heteroatoms. The first-order valence-electron chi connectivity index (χ1n) is 10.9. The van der Waals surface area contributed by atoms with Gasteiger partial charge in [0.2, 0.25) is 0 Å². The molecule has 0 unspecified atom stereocenters. The van der Waals surface area contributed by atoms with Crippen molar-refractivity contribution in [1.82, 2.24) is 29.9 Å². The lowest BCUT2D eigenvalue weighted by Crippen LogP contribution is -2.12. The molecule has 1 N–H and O–H groups in total. The maximum atomic E-state index is 12.2. The molecule has 4 rings (SSSR count). The number of rotatable bonds is 5. The highest BCUT2D eigenvalue weighted by atomic mass is 35.5. The van der Waals surface area contributed by atoms with E-state index >= 15 is 0 Å². The third kappa shape index (κ3) is 12.9. The standard InChI is InChI=1S/C12H12F3N3.C7H8ClN.C5H5F3N2.ClH/c1-9-7-16-4-2-10(9)8-18-5-3-11(17-18)6-12(13,14)15;1-6-5-9-3-2-7(6)4-8;6-5(7,8)3-4-1-2-9-10-4;/h2-5,7H,6,8H2,1H3;2-3,5H,4H2,1H3;1-2H,3H2,(H,9,10);1H. The van der Waals surface area contributed by atoms with Crippen LogP contribution < -0.4 is 0 Å². The molecule has 0 radical (unpaired) electrons. The summed E-state index contributed by atoms with van der Waals surface area (Å²) in [6.07, 6.45) is -0.497. The molecule has 0 aromatic carbocycles. The lowest BCUT2D eigenvalue weighted by atomic mass is 10.2. The number of hydrogen-bond donors (Lipinski definition) is 1. The largest absolute Gasteiger partial charge is 0.394 e. The van der Waals surface area contributed by atoms with E-state index in [1.807, 2.05) is 32.2 Å². The summed E-state index contributed by atoms with van der Waals surface area (Å²) in [5.74, 6) is 0.578. The summed E-state index contributed by atoms with van der Waals surface area (Å²) < 4.78 is 72.8. The number of halogens is 8. The predicted octanol–water partition coefficient (Wildman–Crippen LogP) is 6.80. The quantitative estimate of drug-likeness (QED) is 0.207. The highest BCUT2D eigenvalue weighted by molar-refractivity contribution is 6.17. The first kappa shape index (κ1) is 32.9. The Morgan fingerprint density at radius 2 is 1.39 bits per heavy atom. The molecule has 0 aliphatic rings. The summed E-state index contributed by atoms with van der Waals surface area (Å²) in [4.78, 5) is 7.90. The fraction of sp³-hybridized carbons (Fsp3) is 0.333. The van der Waals surface area contributed by atoms with Gasteiger partial charge in [-0.05, 0) is 60.4 Å². The van der Waals surface area contributed by atoms with E-state index in [1.165, 1.54) is 23.0 Å². The van der Waals surface area contributed by atoms with Crippen LogP contribution in [-0.4, -0.2) is 42.3 Å². The summed E-state index contributed by atoms with van der Waals surface area (Å²) in [7, 11) is 0. The number of nitrogens with zero attached hydrogens (tertiary/aromatic N) is 5. The van der Waals surface area contributed by atoms with Crippen LogP contribution in [0.25, 0.3) is 0 Å². The van der Waals surface area contributed by atoms with Gasteiger partial charge < -0.3 is 0 Å². The van der Waals surface area contributed by atoms with Gasteiger partial charge in [0.1, 0.15) is 0 Å². The van der Waals surface area contributed by atoms with E-state index in [0.29, 0.717) is 12.4 Å². The summed E-state index contributed by atoms with van der Waals surface area (Å²) >= 11 is 5.60. The predicted molar refractivity (Wildman–Crippen MR) is 134 cm³/mol. The van der Waals surface area contributed by atoms with Crippen molar-refractivity contribution < 1.29 is 26.3 Å². The van der Waals surface area contributed by atoms with Gasteiger partial charge in [-0.3, -0.25) is 19.7 Å². The average Bonchev–Trinajstić information content (AvgIpc) is 3.46. The van der Waals surface area contributed by atoms with E-state index in [1.54, 1.807) is 24.8 Å². The van der Waals surface area contributed by atoms with E-state index < -0.39 is 25.2 Å². The van der Waals surface area contributed by atoms with Crippen LogP contribution in [0, 0.1) is 13.8 Å². The monoisotopic (exact) mass is 582 g/mol. The third-order valence-corrected chi connectivity index (χ3v) is 5.06. The average molecular weight is 583 g/mol.